The third kappa shape index (κ3) is 15.7. The molecule has 23 nitrogen and oxygen atoms in total. The summed E-state index contributed by atoms with van der Waals surface area (Å²) in [5.41, 5.74) is 1.21. The summed E-state index contributed by atoms with van der Waals surface area (Å²) in [7, 11) is 0. The van der Waals surface area contributed by atoms with Crippen molar-refractivity contribution in [2.45, 2.75) is 63.5 Å². The van der Waals surface area contributed by atoms with Crippen LogP contribution < -0.4 is 21.3 Å². The molecule has 6 rings (SSSR count). The Kier molecular flexibility index (Phi) is 22.0. The zero-order valence-corrected chi connectivity index (χ0v) is 39.6. The first-order valence-electron chi connectivity index (χ1n) is 23.9. The molecule has 0 aliphatic carbocycles. The number of carbonyl (C=O) groups excluding carboxylic acids is 9. The molecular formula is C48H62N6O17. The first-order valence-corrected chi connectivity index (χ1v) is 23.9. The molecular weight excluding hydrogens is 933 g/mol. The number of nitrogens with zero attached hydrogens (tertiary/aromatic N) is 2. The van der Waals surface area contributed by atoms with Gasteiger partial charge >= 0.3 is 0 Å². The Labute approximate surface area is 410 Å². The van der Waals surface area contributed by atoms with Crippen LogP contribution in [0.3, 0.4) is 0 Å². The van der Waals surface area contributed by atoms with Crippen LogP contribution >= 0.6 is 0 Å². The standard InChI is InChI=1S/C48H62N6O17/c55-38(50-35-9-5-7-33-42(35)48(63)54(46(33)61)37-12-14-40(57)52-44(37)59)10-2-1-3-16-64-18-20-66-22-24-68-26-28-70-30-31-71-29-27-69-25-23-67-21-19-65-17-15-49-34-8-4-6-32-41(34)47(62)53(45(32)60)36-11-13-39(56)51-43(36)58/h4-9,36-37,49H,1-3,10-31H2,(H,50,55)(H,51,56,58)(H,52,57,59). The highest BCUT2D eigenvalue weighted by molar-refractivity contribution is 6.27. The summed E-state index contributed by atoms with van der Waals surface area (Å²) in [4.78, 5) is 115. The molecule has 23 heteroatoms. The fraction of sp³-hybridized carbons (Fsp3) is 0.562. The van der Waals surface area contributed by atoms with E-state index in [1.807, 2.05) is 0 Å². The third-order valence-electron chi connectivity index (χ3n) is 11.6. The maximum absolute atomic E-state index is 13.2. The van der Waals surface area contributed by atoms with E-state index in [1.54, 1.807) is 30.3 Å². The van der Waals surface area contributed by atoms with E-state index >= 15 is 0 Å². The second-order valence-corrected chi connectivity index (χ2v) is 16.5. The molecule has 0 bridgehead atoms. The van der Waals surface area contributed by atoms with E-state index in [2.05, 4.69) is 21.3 Å². The summed E-state index contributed by atoms with van der Waals surface area (Å²) in [5, 5.41) is 10.2. The Hall–Kier alpha value is -6.05. The van der Waals surface area contributed by atoms with Crippen LogP contribution in [-0.2, 0) is 61.9 Å². The monoisotopic (exact) mass is 994 g/mol. The normalized spacial score (nSPS) is 17.7. The van der Waals surface area contributed by atoms with Crippen LogP contribution in [0.25, 0.3) is 0 Å². The van der Waals surface area contributed by atoms with Gasteiger partial charge in [0, 0.05) is 38.1 Å². The van der Waals surface area contributed by atoms with Crippen LogP contribution in [-0.4, -0.2) is 187 Å². The molecule has 4 heterocycles. The van der Waals surface area contributed by atoms with Gasteiger partial charge in [-0.2, -0.15) is 0 Å². The zero-order valence-electron chi connectivity index (χ0n) is 39.6. The number of benzene rings is 2. The van der Waals surface area contributed by atoms with Crippen LogP contribution in [0.1, 0.15) is 92.8 Å². The van der Waals surface area contributed by atoms with Crippen molar-refractivity contribution in [3.05, 3.63) is 58.7 Å². The van der Waals surface area contributed by atoms with Gasteiger partial charge in [-0.25, -0.2) is 0 Å². The Balaban J connectivity index is 0.649. The average Bonchev–Trinajstić information content (AvgIpc) is 3.76. The number of carbonyl (C=O) groups is 9. The number of fused-ring (bicyclic) bond motifs is 2. The number of hydrogen-bond donors (Lipinski definition) is 4. The van der Waals surface area contributed by atoms with Gasteiger partial charge in [0.25, 0.3) is 23.6 Å². The molecule has 71 heavy (non-hydrogen) atoms. The number of amides is 9. The smallest absolute Gasteiger partial charge is 0.264 e. The Morgan fingerprint density at radius 2 is 0.873 bits per heavy atom. The highest BCUT2D eigenvalue weighted by atomic mass is 16.6. The van der Waals surface area contributed by atoms with Gasteiger partial charge in [0.1, 0.15) is 12.1 Å². The van der Waals surface area contributed by atoms with E-state index in [9.17, 15) is 43.2 Å². The van der Waals surface area contributed by atoms with Crippen molar-refractivity contribution in [3.8, 4) is 0 Å². The molecule has 2 fully saturated rings. The van der Waals surface area contributed by atoms with Crippen molar-refractivity contribution in [2.75, 3.05) is 123 Å². The molecule has 9 amide bonds. The van der Waals surface area contributed by atoms with Crippen molar-refractivity contribution < 1.29 is 81.0 Å². The van der Waals surface area contributed by atoms with Gasteiger partial charge < -0.3 is 48.5 Å². The van der Waals surface area contributed by atoms with Crippen molar-refractivity contribution in [1.82, 2.24) is 20.4 Å². The number of rotatable bonds is 34. The Morgan fingerprint density at radius 1 is 0.479 bits per heavy atom. The molecule has 4 aliphatic heterocycles. The minimum absolute atomic E-state index is 0.0179. The van der Waals surface area contributed by atoms with Gasteiger partial charge in [0.05, 0.1) is 127 Å². The lowest BCUT2D eigenvalue weighted by Crippen LogP contribution is -2.54. The number of hydrogen-bond acceptors (Lipinski definition) is 18. The predicted molar refractivity (Wildman–Crippen MR) is 248 cm³/mol. The zero-order chi connectivity index (χ0) is 50.4. The van der Waals surface area contributed by atoms with Crippen LogP contribution in [0, 0.1) is 0 Å². The van der Waals surface area contributed by atoms with E-state index in [4.69, 9.17) is 37.9 Å². The summed E-state index contributed by atoms with van der Waals surface area (Å²) in [6, 6.07) is 7.35. The summed E-state index contributed by atoms with van der Waals surface area (Å²) in [6.45, 7) is 6.92. The van der Waals surface area contributed by atoms with Gasteiger partial charge in [-0.3, -0.25) is 63.6 Å². The molecule has 0 spiro atoms. The molecule has 386 valence electrons. The molecule has 4 N–H and O–H groups in total. The summed E-state index contributed by atoms with van der Waals surface area (Å²) < 4.78 is 44.3. The number of piperidine rings is 2. The van der Waals surface area contributed by atoms with E-state index in [1.165, 1.54) is 6.07 Å². The lowest BCUT2D eigenvalue weighted by molar-refractivity contribution is -0.137. The molecule has 2 aromatic rings. The fourth-order valence-corrected chi connectivity index (χ4v) is 8.06. The van der Waals surface area contributed by atoms with E-state index < -0.39 is 59.3 Å². The highest BCUT2D eigenvalue weighted by Gasteiger charge is 2.47. The molecule has 2 unspecified atom stereocenters. The molecule has 2 saturated heterocycles. The average molecular weight is 995 g/mol. The van der Waals surface area contributed by atoms with Gasteiger partial charge in [0.2, 0.25) is 29.5 Å². The summed E-state index contributed by atoms with van der Waals surface area (Å²) in [5.74, 6) is -4.99. The maximum Gasteiger partial charge on any atom is 0.264 e. The van der Waals surface area contributed by atoms with Gasteiger partial charge in [-0.15, -0.1) is 0 Å². The second-order valence-electron chi connectivity index (χ2n) is 16.5. The van der Waals surface area contributed by atoms with Gasteiger partial charge in [-0.05, 0) is 49.9 Å². The molecule has 0 aromatic heterocycles. The minimum Gasteiger partial charge on any atom is -0.382 e. The molecule has 0 saturated carbocycles. The van der Waals surface area contributed by atoms with Crippen molar-refractivity contribution >= 4 is 64.5 Å². The second kappa shape index (κ2) is 28.7. The maximum atomic E-state index is 13.2. The number of anilines is 2. The molecule has 2 aromatic carbocycles. The van der Waals surface area contributed by atoms with E-state index in [-0.39, 0.29) is 66.0 Å². The SMILES string of the molecule is O=C1CCC(N2C(=O)c3cccc(NCCOCCOCCOCCOCCOCCOCCOCCOCCCCCC(=O)Nc4cccc5c4C(=O)N(C4CCC(=O)NC4=O)C5=O)c3C2=O)C(=O)N1. The quantitative estimate of drug-likeness (QED) is 0.0567. The highest BCUT2D eigenvalue weighted by Crippen LogP contribution is 2.34. The number of unbranched alkanes of at least 4 members (excludes halogenated alkanes) is 2. The Bertz CT molecular complexity index is 2220. The van der Waals surface area contributed by atoms with Crippen molar-refractivity contribution in [1.29, 1.82) is 0 Å². The largest absolute Gasteiger partial charge is 0.382 e. The van der Waals surface area contributed by atoms with Crippen molar-refractivity contribution in [2.24, 2.45) is 0 Å². The number of ether oxygens (including phenoxy) is 8. The van der Waals surface area contributed by atoms with Crippen LogP contribution in [0.15, 0.2) is 36.4 Å². The molecule has 2 atom stereocenters. The molecule has 0 radical (unpaired) electrons. The van der Waals surface area contributed by atoms with Gasteiger partial charge in [0.15, 0.2) is 0 Å². The lowest BCUT2D eigenvalue weighted by Gasteiger charge is -2.27. The summed E-state index contributed by atoms with van der Waals surface area (Å²) >= 11 is 0. The summed E-state index contributed by atoms with van der Waals surface area (Å²) in [6.07, 6.45) is 2.50. The van der Waals surface area contributed by atoms with E-state index in [0.717, 1.165) is 22.6 Å². The van der Waals surface area contributed by atoms with Crippen LogP contribution in [0.5, 0.6) is 0 Å². The first kappa shape index (κ1) is 54.3. The first-order chi connectivity index (χ1) is 34.6. The number of nitrogens with one attached hydrogen (secondary N) is 4. The van der Waals surface area contributed by atoms with Crippen LogP contribution in [0.2, 0.25) is 0 Å². The number of imide groups is 4. The Morgan fingerprint density at radius 3 is 1.31 bits per heavy atom. The fourth-order valence-electron chi connectivity index (χ4n) is 8.06. The van der Waals surface area contributed by atoms with E-state index in [0.29, 0.717) is 124 Å². The molecule has 4 aliphatic rings. The van der Waals surface area contributed by atoms with Gasteiger partial charge in [-0.1, -0.05) is 18.6 Å². The third-order valence-corrected chi connectivity index (χ3v) is 11.6. The minimum atomic E-state index is -1.09. The topological polar surface area (TPSA) is 282 Å². The lowest BCUT2D eigenvalue weighted by atomic mass is 10.0. The predicted octanol–water partition coefficient (Wildman–Crippen LogP) is 1.23. The van der Waals surface area contributed by atoms with Crippen molar-refractivity contribution in [3.63, 3.8) is 0 Å². The van der Waals surface area contributed by atoms with Crippen LogP contribution in [0.4, 0.5) is 11.4 Å².